The molecular formula is C16H30N4S2. The number of nitrogens with zero attached hydrogens (tertiary/aromatic N) is 4. The summed E-state index contributed by atoms with van der Waals surface area (Å²) < 4.78 is 0. The number of aromatic nitrogens is 2. The molecule has 0 bridgehead atoms. The van der Waals surface area contributed by atoms with Crippen LogP contribution in [0, 0.1) is 0 Å². The second-order valence-corrected chi connectivity index (χ2v) is 7.11. The summed E-state index contributed by atoms with van der Waals surface area (Å²) in [5, 5.41) is 1.99. The Hall–Kier alpha value is -0.300. The summed E-state index contributed by atoms with van der Waals surface area (Å²) in [5.74, 6) is 2.14. The molecule has 1 rings (SSSR count). The molecule has 1 aromatic rings. The lowest BCUT2D eigenvalue weighted by molar-refractivity contribution is 0.323. The lowest BCUT2D eigenvalue weighted by Gasteiger charge is -2.17. The van der Waals surface area contributed by atoms with Crippen LogP contribution in [0.25, 0.3) is 0 Å². The number of hydrogen-bond donors (Lipinski definition) is 0. The van der Waals surface area contributed by atoms with Gasteiger partial charge in [-0.25, -0.2) is 9.97 Å². The zero-order chi connectivity index (χ0) is 16.2. The summed E-state index contributed by atoms with van der Waals surface area (Å²) in [6.07, 6.45) is 1.88. The van der Waals surface area contributed by atoms with E-state index < -0.39 is 0 Å². The first-order valence-electron chi connectivity index (χ1n) is 8.26. The first-order valence-corrected chi connectivity index (χ1v) is 10.2. The van der Waals surface area contributed by atoms with Crippen molar-refractivity contribution in [3.05, 3.63) is 12.3 Å². The Balaban J connectivity index is 2.35. The highest BCUT2D eigenvalue weighted by Gasteiger charge is 2.04. The molecule has 0 saturated heterocycles. The summed E-state index contributed by atoms with van der Waals surface area (Å²) >= 11 is 3.58. The molecule has 0 aliphatic heterocycles. The van der Waals surface area contributed by atoms with Crippen LogP contribution in [0.4, 0.5) is 0 Å². The largest absolute Gasteiger partial charge is 0.303 e. The normalized spacial score (nSPS) is 11.5. The maximum atomic E-state index is 4.65. The van der Waals surface area contributed by atoms with Gasteiger partial charge in [-0.15, -0.1) is 11.8 Å². The first kappa shape index (κ1) is 19.7. The topological polar surface area (TPSA) is 32.3 Å². The third-order valence-corrected chi connectivity index (χ3v) is 5.44. The van der Waals surface area contributed by atoms with Gasteiger partial charge in [0.25, 0.3) is 0 Å². The van der Waals surface area contributed by atoms with Crippen molar-refractivity contribution in [2.24, 2.45) is 0 Å². The first-order chi connectivity index (χ1) is 10.7. The fraction of sp³-hybridized carbons (Fsp3) is 0.750. The standard InChI is InChI=1S/C16H30N4S2/c1-5-19(6-2)11-13-21-15-9-10-17-16(18-15)22-14-12-20(7-3)8-4/h9-10H,5-8,11-14H2,1-4H3. The van der Waals surface area contributed by atoms with Crippen molar-refractivity contribution in [3.63, 3.8) is 0 Å². The second kappa shape index (κ2) is 12.2. The van der Waals surface area contributed by atoms with E-state index in [9.17, 15) is 0 Å². The Kier molecular flexibility index (Phi) is 10.9. The Morgan fingerprint density at radius 1 is 0.864 bits per heavy atom. The molecule has 6 heteroatoms. The predicted octanol–water partition coefficient (Wildman–Crippen LogP) is 3.34. The molecule has 0 aliphatic rings. The van der Waals surface area contributed by atoms with Gasteiger partial charge in [-0.3, -0.25) is 0 Å². The van der Waals surface area contributed by atoms with Crippen molar-refractivity contribution < 1.29 is 0 Å². The predicted molar refractivity (Wildman–Crippen MR) is 99.1 cm³/mol. The maximum Gasteiger partial charge on any atom is 0.188 e. The second-order valence-electron chi connectivity index (χ2n) is 4.93. The van der Waals surface area contributed by atoms with E-state index in [1.54, 1.807) is 11.8 Å². The van der Waals surface area contributed by atoms with Crippen LogP contribution < -0.4 is 0 Å². The molecule has 0 aliphatic carbocycles. The van der Waals surface area contributed by atoms with Gasteiger partial charge in [0.2, 0.25) is 0 Å². The third-order valence-electron chi connectivity index (χ3n) is 3.69. The molecule has 126 valence electrons. The van der Waals surface area contributed by atoms with Crippen molar-refractivity contribution in [2.45, 2.75) is 37.9 Å². The van der Waals surface area contributed by atoms with E-state index in [-0.39, 0.29) is 0 Å². The van der Waals surface area contributed by atoms with Gasteiger partial charge in [0.15, 0.2) is 5.16 Å². The Morgan fingerprint density at radius 3 is 1.95 bits per heavy atom. The van der Waals surface area contributed by atoms with Crippen LogP contribution in [-0.2, 0) is 0 Å². The molecule has 0 spiro atoms. The average Bonchev–Trinajstić information content (AvgIpc) is 2.56. The molecule has 0 aromatic carbocycles. The zero-order valence-electron chi connectivity index (χ0n) is 14.4. The van der Waals surface area contributed by atoms with Crippen LogP contribution in [0.1, 0.15) is 27.7 Å². The SMILES string of the molecule is CCN(CC)CCSc1ccnc(SCCN(CC)CC)n1. The van der Waals surface area contributed by atoms with Gasteiger partial charge in [0.1, 0.15) is 5.03 Å². The minimum atomic E-state index is 0.903. The van der Waals surface area contributed by atoms with Gasteiger partial charge in [-0.05, 0) is 32.2 Å². The average molecular weight is 343 g/mol. The number of thioether (sulfide) groups is 2. The van der Waals surface area contributed by atoms with Crippen LogP contribution >= 0.6 is 23.5 Å². The van der Waals surface area contributed by atoms with Crippen LogP contribution in [0.2, 0.25) is 0 Å². The summed E-state index contributed by atoms with van der Waals surface area (Å²) in [5.41, 5.74) is 0. The van der Waals surface area contributed by atoms with Crippen molar-refractivity contribution in [3.8, 4) is 0 Å². The van der Waals surface area contributed by atoms with E-state index in [1.807, 2.05) is 24.0 Å². The molecule has 0 saturated carbocycles. The van der Waals surface area contributed by atoms with E-state index in [4.69, 9.17) is 0 Å². The summed E-state index contributed by atoms with van der Waals surface area (Å²) in [4.78, 5) is 13.9. The Labute approximate surface area is 144 Å². The van der Waals surface area contributed by atoms with Crippen molar-refractivity contribution in [1.82, 2.24) is 19.8 Å². The quantitative estimate of drug-likeness (QED) is 0.329. The van der Waals surface area contributed by atoms with Gasteiger partial charge in [0.05, 0.1) is 0 Å². The van der Waals surface area contributed by atoms with E-state index in [1.165, 1.54) is 0 Å². The lowest BCUT2D eigenvalue weighted by atomic mass is 10.5. The van der Waals surface area contributed by atoms with E-state index in [2.05, 4.69) is 47.5 Å². The van der Waals surface area contributed by atoms with Crippen LogP contribution in [0.15, 0.2) is 22.4 Å². The van der Waals surface area contributed by atoms with E-state index in [0.29, 0.717) is 0 Å². The monoisotopic (exact) mass is 342 g/mol. The van der Waals surface area contributed by atoms with Gasteiger partial charge in [0, 0.05) is 30.8 Å². The molecule has 0 N–H and O–H groups in total. The Morgan fingerprint density at radius 2 is 1.41 bits per heavy atom. The van der Waals surface area contributed by atoms with E-state index >= 15 is 0 Å². The van der Waals surface area contributed by atoms with Crippen LogP contribution in [0.3, 0.4) is 0 Å². The molecule has 0 radical (unpaired) electrons. The molecule has 0 amide bonds. The number of hydrogen-bond acceptors (Lipinski definition) is 6. The smallest absolute Gasteiger partial charge is 0.188 e. The van der Waals surface area contributed by atoms with Crippen LogP contribution in [-0.4, -0.2) is 70.5 Å². The molecule has 1 heterocycles. The third kappa shape index (κ3) is 7.81. The van der Waals surface area contributed by atoms with Crippen molar-refractivity contribution in [2.75, 3.05) is 50.8 Å². The molecule has 22 heavy (non-hydrogen) atoms. The molecular weight excluding hydrogens is 312 g/mol. The highest BCUT2D eigenvalue weighted by molar-refractivity contribution is 7.99. The number of rotatable bonds is 12. The minimum Gasteiger partial charge on any atom is -0.303 e. The van der Waals surface area contributed by atoms with Gasteiger partial charge in [-0.1, -0.05) is 39.5 Å². The molecule has 0 unspecified atom stereocenters. The van der Waals surface area contributed by atoms with Gasteiger partial charge >= 0.3 is 0 Å². The van der Waals surface area contributed by atoms with E-state index in [0.717, 1.165) is 61.0 Å². The Bertz CT molecular complexity index is 362. The maximum absolute atomic E-state index is 4.65. The van der Waals surface area contributed by atoms with Gasteiger partial charge < -0.3 is 9.80 Å². The van der Waals surface area contributed by atoms with Crippen molar-refractivity contribution >= 4 is 23.5 Å². The molecule has 1 aromatic heterocycles. The molecule has 0 atom stereocenters. The van der Waals surface area contributed by atoms with Crippen molar-refractivity contribution in [1.29, 1.82) is 0 Å². The van der Waals surface area contributed by atoms with Gasteiger partial charge in [-0.2, -0.15) is 0 Å². The summed E-state index contributed by atoms with van der Waals surface area (Å²) in [6.45, 7) is 15.5. The fourth-order valence-corrected chi connectivity index (χ4v) is 3.85. The molecule has 0 fully saturated rings. The highest BCUT2D eigenvalue weighted by Crippen LogP contribution is 2.19. The minimum absolute atomic E-state index is 0.903. The summed E-state index contributed by atoms with van der Waals surface area (Å²) in [6, 6.07) is 2.02. The molecule has 4 nitrogen and oxygen atoms in total. The zero-order valence-corrected chi connectivity index (χ0v) is 16.0. The highest BCUT2D eigenvalue weighted by atomic mass is 32.2. The van der Waals surface area contributed by atoms with Crippen LogP contribution in [0.5, 0.6) is 0 Å². The summed E-state index contributed by atoms with van der Waals surface area (Å²) in [7, 11) is 0. The fourth-order valence-electron chi connectivity index (χ4n) is 2.10. The lowest BCUT2D eigenvalue weighted by Crippen LogP contribution is -2.25.